The molecule has 0 aromatic carbocycles. The molecule has 0 radical (unpaired) electrons. The van der Waals surface area contributed by atoms with E-state index in [4.69, 9.17) is 0 Å². The molecule has 0 aromatic heterocycles. The highest BCUT2D eigenvalue weighted by molar-refractivity contribution is 5.54. The van der Waals surface area contributed by atoms with Crippen LogP contribution in [0.15, 0.2) is 23.8 Å². The van der Waals surface area contributed by atoms with Crippen LogP contribution >= 0.6 is 0 Å². The first kappa shape index (κ1) is 11.2. The summed E-state index contributed by atoms with van der Waals surface area (Å²) in [6.45, 7) is 2.16. The smallest absolute Gasteiger partial charge is 0.123 e. The Hall–Kier alpha value is -0.850. The lowest BCUT2D eigenvalue weighted by Crippen LogP contribution is -2.06. The van der Waals surface area contributed by atoms with E-state index in [9.17, 15) is 4.79 Å². The molecule has 0 saturated carbocycles. The van der Waals surface area contributed by atoms with Crippen molar-refractivity contribution in [1.29, 1.82) is 0 Å². The molecule has 0 N–H and O–H groups in total. The Kier molecular flexibility index (Phi) is 5.28. The summed E-state index contributed by atoms with van der Waals surface area (Å²) >= 11 is 0. The van der Waals surface area contributed by atoms with E-state index in [0.29, 0.717) is 5.92 Å². The molecule has 0 fully saturated rings. The number of hydrogen-bond donors (Lipinski definition) is 0. The summed E-state index contributed by atoms with van der Waals surface area (Å²) in [5.41, 5.74) is 1.55. The number of carbonyl (C=O) groups excluding carboxylic acids is 1. The minimum atomic E-state index is 0.296. The third-order valence-corrected chi connectivity index (χ3v) is 2.77. The number of rotatable bonds is 5. The summed E-state index contributed by atoms with van der Waals surface area (Å²) in [6, 6.07) is 0. The second kappa shape index (κ2) is 6.58. The summed E-state index contributed by atoms with van der Waals surface area (Å²) in [7, 11) is 0. The van der Waals surface area contributed by atoms with Gasteiger partial charge in [-0.3, -0.25) is 0 Å². The molecule has 1 nitrogen and oxygen atoms in total. The zero-order chi connectivity index (χ0) is 10.2. The maximum atomic E-state index is 10.5. The van der Waals surface area contributed by atoms with Crippen LogP contribution in [-0.2, 0) is 4.79 Å². The second-order valence-corrected chi connectivity index (χ2v) is 3.95. The molecule has 0 saturated heterocycles. The lowest BCUT2D eigenvalue weighted by Gasteiger charge is -2.16. The molecule has 1 rings (SSSR count). The van der Waals surface area contributed by atoms with Gasteiger partial charge >= 0.3 is 0 Å². The SMILES string of the molecule is CC/C=C/CCC1=CCC(C=O)CC1. The van der Waals surface area contributed by atoms with Gasteiger partial charge in [0.2, 0.25) is 0 Å². The van der Waals surface area contributed by atoms with E-state index in [2.05, 4.69) is 25.2 Å². The fourth-order valence-electron chi connectivity index (χ4n) is 1.81. The lowest BCUT2D eigenvalue weighted by molar-refractivity contribution is -0.111. The normalized spacial score (nSPS) is 22.4. The lowest BCUT2D eigenvalue weighted by atomic mass is 9.89. The Morgan fingerprint density at radius 3 is 2.93 bits per heavy atom. The fraction of sp³-hybridized carbons (Fsp3) is 0.615. The number of hydrogen-bond acceptors (Lipinski definition) is 1. The van der Waals surface area contributed by atoms with Crippen molar-refractivity contribution in [3.05, 3.63) is 23.8 Å². The van der Waals surface area contributed by atoms with Gasteiger partial charge in [-0.1, -0.05) is 30.7 Å². The summed E-state index contributed by atoms with van der Waals surface area (Å²) < 4.78 is 0. The maximum Gasteiger partial charge on any atom is 0.123 e. The van der Waals surface area contributed by atoms with Gasteiger partial charge in [-0.25, -0.2) is 0 Å². The van der Waals surface area contributed by atoms with Crippen molar-refractivity contribution >= 4 is 6.29 Å². The third-order valence-electron chi connectivity index (χ3n) is 2.77. The molecule has 1 heteroatoms. The highest BCUT2D eigenvalue weighted by Gasteiger charge is 2.12. The maximum absolute atomic E-state index is 10.5. The molecule has 1 aliphatic rings. The van der Waals surface area contributed by atoms with Gasteiger partial charge in [0.05, 0.1) is 0 Å². The molecule has 1 unspecified atom stereocenters. The molecular formula is C13H20O. The molecule has 14 heavy (non-hydrogen) atoms. The molecule has 78 valence electrons. The average Bonchev–Trinajstić information content (AvgIpc) is 2.25. The topological polar surface area (TPSA) is 17.1 Å². The van der Waals surface area contributed by atoms with E-state index in [1.807, 2.05) is 0 Å². The molecule has 0 amide bonds. The summed E-state index contributed by atoms with van der Waals surface area (Å²) in [6.07, 6.45) is 14.5. The van der Waals surface area contributed by atoms with Crippen molar-refractivity contribution in [2.75, 3.05) is 0 Å². The van der Waals surface area contributed by atoms with Gasteiger partial charge in [-0.05, 0) is 38.5 Å². The van der Waals surface area contributed by atoms with Crippen LogP contribution in [0.3, 0.4) is 0 Å². The van der Waals surface area contributed by atoms with E-state index in [1.54, 1.807) is 5.57 Å². The fourth-order valence-corrected chi connectivity index (χ4v) is 1.81. The van der Waals surface area contributed by atoms with Gasteiger partial charge in [0.1, 0.15) is 6.29 Å². The van der Waals surface area contributed by atoms with Crippen LogP contribution in [0.4, 0.5) is 0 Å². The number of carbonyl (C=O) groups is 1. The highest BCUT2D eigenvalue weighted by Crippen LogP contribution is 2.24. The van der Waals surface area contributed by atoms with Gasteiger partial charge in [-0.15, -0.1) is 0 Å². The average molecular weight is 192 g/mol. The Balaban J connectivity index is 2.23. The second-order valence-electron chi connectivity index (χ2n) is 3.95. The zero-order valence-corrected chi connectivity index (χ0v) is 9.04. The van der Waals surface area contributed by atoms with Crippen molar-refractivity contribution in [3.63, 3.8) is 0 Å². The first-order valence-electron chi connectivity index (χ1n) is 5.65. The van der Waals surface area contributed by atoms with Crippen molar-refractivity contribution in [2.45, 2.75) is 45.4 Å². The minimum absolute atomic E-state index is 0.296. The van der Waals surface area contributed by atoms with Gasteiger partial charge in [0.15, 0.2) is 0 Å². The summed E-state index contributed by atoms with van der Waals surface area (Å²) in [4.78, 5) is 10.5. The Morgan fingerprint density at radius 2 is 2.36 bits per heavy atom. The molecule has 0 aliphatic heterocycles. The Labute approximate surface area is 86.9 Å². The van der Waals surface area contributed by atoms with Gasteiger partial charge in [-0.2, -0.15) is 0 Å². The first-order valence-corrected chi connectivity index (χ1v) is 5.65. The van der Waals surface area contributed by atoms with Crippen LogP contribution in [0.2, 0.25) is 0 Å². The summed E-state index contributed by atoms with van der Waals surface area (Å²) in [5, 5.41) is 0. The Bertz CT molecular complexity index is 225. The number of allylic oxidation sites excluding steroid dienone is 4. The molecular weight excluding hydrogens is 172 g/mol. The summed E-state index contributed by atoms with van der Waals surface area (Å²) in [5.74, 6) is 0.296. The minimum Gasteiger partial charge on any atom is -0.303 e. The van der Waals surface area contributed by atoms with Crippen molar-refractivity contribution in [3.8, 4) is 0 Å². The van der Waals surface area contributed by atoms with Crippen molar-refractivity contribution in [2.24, 2.45) is 5.92 Å². The van der Waals surface area contributed by atoms with E-state index in [-0.39, 0.29) is 0 Å². The quantitative estimate of drug-likeness (QED) is 0.480. The number of aldehydes is 1. The molecule has 0 spiro atoms. The van der Waals surface area contributed by atoms with Crippen molar-refractivity contribution < 1.29 is 4.79 Å². The van der Waals surface area contributed by atoms with Crippen LogP contribution < -0.4 is 0 Å². The Morgan fingerprint density at radius 1 is 1.50 bits per heavy atom. The molecule has 1 aliphatic carbocycles. The van der Waals surface area contributed by atoms with Crippen LogP contribution in [0.1, 0.15) is 45.4 Å². The molecule has 0 bridgehead atoms. The van der Waals surface area contributed by atoms with Crippen molar-refractivity contribution in [1.82, 2.24) is 0 Å². The van der Waals surface area contributed by atoms with Crippen LogP contribution in [0, 0.1) is 5.92 Å². The van der Waals surface area contributed by atoms with Crippen LogP contribution in [-0.4, -0.2) is 6.29 Å². The first-order chi connectivity index (χ1) is 6.86. The molecule has 0 aromatic rings. The third kappa shape index (κ3) is 3.91. The zero-order valence-electron chi connectivity index (χ0n) is 9.04. The van der Waals surface area contributed by atoms with E-state index < -0.39 is 0 Å². The van der Waals surface area contributed by atoms with E-state index in [0.717, 1.165) is 38.4 Å². The highest BCUT2D eigenvalue weighted by atomic mass is 16.1. The molecule has 1 atom stereocenters. The predicted octanol–water partition coefficient (Wildman–Crippen LogP) is 3.66. The van der Waals surface area contributed by atoms with Gasteiger partial charge in [0, 0.05) is 5.92 Å². The van der Waals surface area contributed by atoms with Crippen LogP contribution in [0.5, 0.6) is 0 Å². The standard InChI is InChI=1S/C13H20O/c1-2-3-4-5-6-12-7-9-13(11-14)10-8-12/h3-4,7,11,13H,2,5-6,8-10H2,1H3/b4-3+. The molecule has 0 heterocycles. The monoisotopic (exact) mass is 192 g/mol. The largest absolute Gasteiger partial charge is 0.303 e. The predicted molar refractivity (Wildman–Crippen MR) is 60.2 cm³/mol. The van der Waals surface area contributed by atoms with Gasteiger partial charge < -0.3 is 4.79 Å². The van der Waals surface area contributed by atoms with Gasteiger partial charge in [0.25, 0.3) is 0 Å². The van der Waals surface area contributed by atoms with E-state index >= 15 is 0 Å². The van der Waals surface area contributed by atoms with E-state index in [1.165, 1.54) is 6.42 Å². The van der Waals surface area contributed by atoms with Crippen LogP contribution in [0.25, 0.3) is 0 Å².